The van der Waals surface area contributed by atoms with E-state index in [0.717, 1.165) is 31.7 Å². The molecule has 0 aromatic carbocycles. The molecule has 0 aliphatic carbocycles. The summed E-state index contributed by atoms with van der Waals surface area (Å²) in [6.45, 7) is 10.9. The average molecular weight is 332 g/mol. The van der Waals surface area contributed by atoms with Gasteiger partial charge in [-0.25, -0.2) is 4.98 Å². The quantitative estimate of drug-likeness (QED) is 0.697. The zero-order valence-electron chi connectivity index (χ0n) is 13.7. The summed E-state index contributed by atoms with van der Waals surface area (Å²) in [5.74, 6) is 2.81. The van der Waals surface area contributed by atoms with Crippen molar-refractivity contribution in [3.05, 3.63) is 16.1 Å². The standard InChI is InChI=1S/C16H27Cl2N3/c1-11(2)6-8-21(9-7-12(3)4)16-14(18)10-13(17)15(19-5)20-16/h10-12H,6-9H2,1-5H3,(H,19,20). The first kappa shape index (κ1) is 18.4. The Kier molecular flexibility index (Phi) is 7.61. The number of pyridine rings is 1. The fourth-order valence-electron chi connectivity index (χ4n) is 2.01. The van der Waals surface area contributed by atoms with Crippen molar-refractivity contribution in [2.45, 2.75) is 40.5 Å². The smallest absolute Gasteiger partial charge is 0.149 e. The van der Waals surface area contributed by atoms with E-state index in [1.807, 2.05) is 7.05 Å². The van der Waals surface area contributed by atoms with Crippen molar-refractivity contribution in [3.63, 3.8) is 0 Å². The number of nitrogens with one attached hydrogen (secondary N) is 1. The second kappa shape index (κ2) is 8.70. The van der Waals surface area contributed by atoms with Crippen molar-refractivity contribution in [1.82, 2.24) is 4.98 Å². The molecule has 0 aliphatic heterocycles. The number of rotatable bonds is 8. The molecule has 0 fully saturated rings. The van der Waals surface area contributed by atoms with Crippen LogP contribution in [-0.2, 0) is 0 Å². The molecule has 0 atom stereocenters. The molecule has 120 valence electrons. The Morgan fingerprint density at radius 1 is 1.05 bits per heavy atom. The van der Waals surface area contributed by atoms with Crippen LogP contribution in [0.15, 0.2) is 6.07 Å². The molecule has 0 saturated heterocycles. The summed E-state index contributed by atoms with van der Waals surface area (Å²) >= 11 is 12.5. The maximum atomic E-state index is 6.37. The Morgan fingerprint density at radius 3 is 2.00 bits per heavy atom. The van der Waals surface area contributed by atoms with E-state index in [4.69, 9.17) is 23.2 Å². The molecule has 0 bridgehead atoms. The molecule has 5 heteroatoms. The third-order valence-corrected chi connectivity index (χ3v) is 3.97. The van der Waals surface area contributed by atoms with Gasteiger partial charge in [0.15, 0.2) is 0 Å². The van der Waals surface area contributed by atoms with Gasteiger partial charge in [-0.3, -0.25) is 0 Å². The van der Waals surface area contributed by atoms with Crippen LogP contribution in [0.1, 0.15) is 40.5 Å². The number of halogens is 2. The molecular weight excluding hydrogens is 305 g/mol. The lowest BCUT2D eigenvalue weighted by Crippen LogP contribution is -2.29. The van der Waals surface area contributed by atoms with E-state index in [-0.39, 0.29) is 0 Å². The summed E-state index contributed by atoms with van der Waals surface area (Å²) in [6.07, 6.45) is 2.24. The van der Waals surface area contributed by atoms with Crippen LogP contribution in [0.4, 0.5) is 11.6 Å². The lowest BCUT2D eigenvalue weighted by atomic mass is 10.1. The first-order valence-corrected chi connectivity index (χ1v) is 8.39. The van der Waals surface area contributed by atoms with Crippen LogP contribution in [0.2, 0.25) is 10.0 Å². The van der Waals surface area contributed by atoms with Gasteiger partial charge in [-0.05, 0) is 30.7 Å². The molecule has 0 spiro atoms. The summed E-state index contributed by atoms with van der Waals surface area (Å²) in [6, 6.07) is 1.77. The van der Waals surface area contributed by atoms with Gasteiger partial charge in [0.2, 0.25) is 0 Å². The maximum Gasteiger partial charge on any atom is 0.149 e. The number of aromatic nitrogens is 1. The minimum atomic E-state index is 0.555. The Bertz CT molecular complexity index is 435. The third-order valence-electron chi connectivity index (χ3n) is 3.40. The number of anilines is 2. The minimum Gasteiger partial charge on any atom is -0.372 e. The predicted molar refractivity (Wildman–Crippen MR) is 94.9 cm³/mol. The topological polar surface area (TPSA) is 28.2 Å². The molecule has 1 aromatic heterocycles. The van der Waals surface area contributed by atoms with E-state index in [0.29, 0.717) is 27.7 Å². The molecule has 21 heavy (non-hydrogen) atoms. The first-order valence-electron chi connectivity index (χ1n) is 7.63. The molecular formula is C16H27Cl2N3. The van der Waals surface area contributed by atoms with Crippen LogP contribution in [0.5, 0.6) is 0 Å². The van der Waals surface area contributed by atoms with E-state index >= 15 is 0 Å². The van der Waals surface area contributed by atoms with Crippen LogP contribution in [0.25, 0.3) is 0 Å². The number of hydrogen-bond acceptors (Lipinski definition) is 3. The summed E-state index contributed by atoms with van der Waals surface area (Å²) in [5, 5.41) is 4.19. The van der Waals surface area contributed by atoms with Crippen molar-refractivity contribution in [2.24, 2.45) is 11.8 Å². The summed E-state index contributed by atoms with van der Waals surface area (Å²) in [7, 11) is 1.82. The molecule has 3 nitrogen and oxygen atoms in total. The summed E-state index contributed by atoms with van der Waals surface area (Å²) in [4.78, 5) is 6.87. The predicted octanol–water partition coefficient (Wildman–Crippen LogP) is 5.33. The van der Waals surface area contributed by atoms with Crippen molar-refractivity contribution in [3.8, 4) is 0 Å². The van der Waals surface area contributed by atoms with Gasteiger partial charge in [0.1, 0.15) is 11.6 Å². The van der Waals surface area contributed by atoms with Gasteiger partial charge in [0.05, 0.1) is 10.0 Å². The van der Waals surface area contributed by atoms with E-state index in [1.54, 1.807) is 6.07 Å². The van der Waals surface area contributed by atoms with Crippen molar-refractivity contribution < 1.29 is 0 Å². The Labute approximate surface area is 139 Å². The maximum absolute atomic E-state index is 6.37. The van der Waals surface area contributed by atoms with Gasteiger partial charge in [-0.1, -0.05) is 50.9 Å². The van der Waals surface area contributed by atoms with Crippen LogP contribution < -0.4 is 10.2 Å². The van der Waals surface area contributed by atoms with Gasteiger partial charge in [0, 0.05) is 20.1 Å². The highest BCUT2D eigenvalue weighted by Gasteiger charge is 2.16. The molecule has 1 rings (SSSR count). The highest BCUT2D eigenvalue weighted by Crippen LogP contribution is 2.32. The van der Waals surface area contributed by atoms with Crippen LogP contribution in [0, 0.1) is 11.8 Å². The highest BCUT2D eigenvalue weighted by molar-refractivity contribution is 6.37. The van der Waals surface area contributed by atoms with Crippen molar-refractivity contribution >= 4 is 34.8 Å². The van der Waals surface area contributed by atoms with Gasteiger partial charge in [-0.15, -0.1) is 0 Å². The largest absolute Gasteiger partial charge is 0.372 e. The van der Waals surface area contributed by atoms with Gasteiger partial charge >= 0.3 is 0 Å². The molecule has 0 radical (unpaired) electrons. The van der Waals surface area contributed by atoms with E-state index in [9.17, 15) is 0 Å². The third kappa shape index (κ3) is 5.91. The lowest BCUT2D eigenvalue weighted by molar-refractivity contribution is 0.533. The second-order valence-corrected chi connectivity index (χ2v) is 7.04. The molecule has 1 heterocycles. The van der Waals surface area contributed by atoms with Gasteiger partial charge in [-0.2, -0.15) is 0 Å². The first-order chi connectivity index (χ1) is 9.85. The summed E-state index contributed by atoms with van der Waals surface area (Å²) in [5.41, 5.74) is 0. The van der Waals surface area contributed by atoms with Gasteiger partial charge in [0.25, 0.3) is 0 Å². The van der Waals surface area contributed by atoms with Crippen molar-refractivity contribution in [2.75, 3.05) is 30.4 Å². The van der Waals surface area contributed by atoms with Gasteiger partial charge < -0.3 is 10.2 Å². The zero-order valence-corrected chi connectivity index (χ0v) is 15.2. The van der Waals surface area contributed by atoms with E-state index < -0.39 is 0 Å². The fraction of sp³-hybridized carbons (Fsp3) is 0.688. The molecule has 1 aromatic rings. The monoisotopic (exact) mass is 331 g/mol. The summed E-state index contributed by atoms with van der Waals surface area (Å²) < 4.78 is 0. The van der Waals surface area contributed by atoms with Crippen LogP contribution in [-0.4, -0.2) is 25.1 Å². The number of nitrogens with zero attached hydrogens (tertiary/aromatic N) is 2. The zero-order chi connectivity index (χ0) is 16.0. The molecule has 0 unspecified atom stereocenters. The minimum absolute atomic E-state index is 0.555. The average Bonchev–Trinajstić information content (AvgIpc) is 2.39. The SMILES string of the molecule is CNc1nc(N(CCC(C)C)CCC(C)C)c(Cl)cc1Cl. The second-order valence-electron chi connectivity index (χ2n) is 6.23. The Balaban J connectivity index is 2.99. The highest BCUT2D eigenvalue weighted by atomic mass is 35.5. The van der Waals surface area contributed by atoms with Crippen LogP contribution in [0.3, 0.4) is 0 Å². The molecule has 0 aliphatic rings. The Hall–Kier alpha value is -0.670. The molecule has 1 N–H and O–H groups in total. The van der Waals surface area contributed by atoms with Crippen LogP contribution >= 0.6 is 23.2 Å². The number of hydrogen-bond donors (Lipinski definition) is 1. The normalized spacial score (nSPS) is 11.3. The van der Waals surface area contributed by atoms with Crippen molar-refractivity contribution in [1.29, 1.82) is 0 Å². The molecule has 0 saturated carbocycles. The lowest BCUT2D eigenvalue weighted by Gasteiger charge is -2.27. The fourth-order valence-corrected chi connectivity index (χ4v) is 2.58. The van der Waals surface area contributed by atoms with E-state index in [2.05, 4.69) is 42.9 Å². The van der Waals surface area contributed by atoms with E-state index in [1.165, 1.54) is 0 Å². The Morgan fingerprint density at radius 2 is 1.57 bits per heavy atom. The molecule has 0 amide bonds.